The van der Waals surface area contributed by atoms with Crippen molar-refractivity contribution < 1.29 is 14.4 Å². The number of nitrogens with one attached hydrogen (secondary N) is 1. The molecule has 0 fully saturated rings. The third kappa shape index (κ3) is 4.92. The van der Waals surface area contributed by atoms with Crippen molar-refractivity contribution in [3.05, 3.63) is 40.4 Å². The fraction of sp³-hybridized carbons (Fsp3) is 0.400. The molecule has 1 atom stereocenters. The van der Waals surface area contributed by atoms with Gasteiger partial charge in [0.05, 0.1) is 5.69 Å². The van der Waals surface area contributed by atoms with E-state index in [1.54, 1.807) is 19.1 Å². The lowest BCUT2D eigenvalue weighted by Crippen LogP contribution is -2.53. The van der Waals surface area contributed by atoms with Crippen LogP contribution in [0.15, 0.2) is 24.3 Å². The molecule has 156 valence electrons. The number of hydrogen-bond acceptors (Lipinski definition) is 6. The SMILES string of the molecule is CCc1ccccc1N(C(=O)c1snc(C(N)=O)c1N)[C@@H](C)C(=O)NC(C)(C)C. The minimum absolute atomic E-state index is 0.0696. The maximum Gasteiger partial charge on any atom is 0.272 e. The lowest BCUT2D eigenvalue weighted by molar-refractivity contribution is -0.123. The number of primary amides is 1. The number of aromatic nitrogens is 1. The Kier molecular flexibility index (Phi) is 6.63. The largest absolute Gasteiger partial charge is 0.395 e. The van der Waals surface area contributed by atoms with Gasteiger partial charge in [-0.25, -0.2) is 0 Å². The van der Waals surface area contributed by atoms with E-state index in [9.17, 15) is 14.4 Å². The number of carbonyl (C=O) groups excluding carboxylic acids is 3. The second kappa shape index (κ2) is 8.60. The van der Waals surface area contributed by atoms with E-state index in [-0.39, 0.29) is 22.2 Å². The molecule has 0 spiro atoms. The van der Waals surface area contributed by atoms with Gasteiger partial charge in [-0.2, -0.15) is 4.37 Å². The van der Waals surface area contributed by atoms with Crippen molar-refractivity contribution in [3.63, 3.8) is 0 Å². The third-order valence-corrected chi connectivity index (χ3v) is 5.12. The van der Waals surface area contributed by atoms with E-state index in [1.807, 2.05) is 39.8 Å². The second-order valence-electron chi connectivity index (χ2n) is 7.71. The highest BCUT2D eigenvalue weighted by Gasteiger charge is 2.34. The standard InChI is InChI=1S/C20H27N5O3S/c1-6-12-9-7-8-10-13(12)25(11(2)18(27)23-20(3,4)5)19(28)16-14(21)15(17(22)26)24-29-16/h7-11H,6,21H2,1-5H3,(H2,22,26)(H,23,27)/t11-/m0/s1. The number of nitrogen functional groups attached to an aromatic ring is 1. The molecule has 0 aliphatic carbocycles. The molecule has 5 N–H and O–H groups in total. The first-order valence-electron chi connectivity index (χ1n) is 9.26. The number of benzene rings is 1. The Balaban J connectivity index is 2.57. The molecule has 0 aliphatic rings. The van der Waals surface area contributed by atoms with Crippen molar-refractivity contribution in [1.29, 1.82) is 0 Å². The summed E-state index contributed by atoms with van der Waals surface area (Å²) in [5.41, 5.74) is 12.1. The van der Waals surface area contributed by atoms with Gasteiger partial charge in [0.15, 0.2) is 5.69 Å². The molecule has 29 heavy (non-hydrogen) atoms. The number of para-hydroxylation sites is 1. The van der Waals surface area contributed by atoms with E-state index in [4.69, 9.17) is 11.5 Å². The first-order chi connectivity index (χ1) is 13.5. The van der Waals surface area contributed by atoms with Gasteiger partial charge < -0.3 is 16.8 Å². The highest BCUT2D eigenvalue weighted by molar-refractivity contribution is 7.09. The number of rotatable bonds is 6. The zero-order valence-electron chi connectivity index (χ0n) is 17.3. The summed E-state index contributed by atoms with van der Waals surface area (Å²) < 4.78 is 3.91. The summed E-state index contributed by atoms with van der Waals surface area (Å²) in [6.45, 7) is 9.21. The van der Waals surface area contributed by atoms with E-state index >= 15 is 0 Å². The molecule has 2 rings (SSSR count). The summed E-state index contributed by atoms with van der Waals surface area (Å²) in [6, 6.07) is 6.53. The number of nitrogens with two attached hydrogens (primary N) is 2. The van der Waals surface area contributed by atoms with Crippen LogP contribution in [0.25, 0.3) is 0 Å². The van der Waals surface area contributed by atoms with Crippen molar-refractivity contribution in [2.75, 3.05) is 10.6 Å². The van der Waals surface area contributed by atoms with E-state index in [2.05, 4.69) is 9.69 Å². The van der Waals surface area contributed by atoms with Gasteiger partial charge in [-0.3, -0.25) is 19.3 Å². The average molecular weight is 418 g/mol. The highest BCUT2D eigenvalue weighted by Crippen LogP contribution is 2.30. The molecule has 0 unspecified atom stereocenters. The number of aryl methyl sites for hydroxylation is 1. The van der Waals surface area contributed by atoms with Crippen LogP contribution in [0.5, 0.6) is 0 Å². The topological polar surface area (TPSA) is 131 Å². The predicted molar refractivity (Wildman–Crippen MR) is 115 cm³/mol. The molecule has 3 amide bonds. The number of anilines is 2. The third-order valence-electron chi connectivity index (χ3n) is 4.27. The van der Waals surface area contributed by atoms with Gasteiger partial charge in [-0.1, -0.05) is 25.1 Å². The van der Waals surface area contributed by atoms with Crippen LogP contribution < -0.4 is 21.7 Å². The van der Waals surface area contributed by atoms with Gasteiger partial charge in [0, 0.05) is 11.2 Å². The summed E-state index contributed by atoms with van der Waals surface area (Å²) in [5.74, 6) is -1.63. The Labute approximate surface area is 174 Å². The molecule has 0 saturated heterocycles. The quantitative estimate of drug-likeness (QED) is 0.664. The number of amides is 3. The molecule has 1 aromatic carbocycles. The Morgan fingerprint density at radius 1 is 1.24 bits per heavy atom. The Morgan fingerprint density at radius 3 is 2.38 bits per heavy atom. The Morgan fingerprint density at radius 2 is 1.86 bits per heavy atom. The zero-order chi connectivity index (χ0) is 21.9. The first kappa shape index (κ1) is 22.4. The van der Waals surface area contributed by atoms with Crippen LogP contribution in [0.2, 0.25) is 0 Å². The van der Waals surface area contributed by atoms with Gasteiger partial charge in [0.2, 0.25) is 5.91 Å². The highest BCUT2D eigenvalue weighted by atomic mass is 32.1. The van der Waals surface area contributed by atoms with E-state index in [0.717, 1.165) is 17.1 Å². The molecule has 0 aliphatic heterocycles. The number of nitrogens with zero attached hydrogens (tertiary/aromatic N) is 2. The van der Waals surface area contributed by atoms with Crippen LogP contribution in [0.4, 0.5) is 11.4 Å². The van der Waals surface area contributed by atoms with Crippen molar-refractivity contribution in [2.24, 2.45) is 5.73 Å². The maximum atomic E-state index is 13.5. The van der Waals surface area contributed by atoms with Crippen molar-refractivity contribution in [2.45, 2.75) is 52.6 Å². The minimum Gasteiger partial charge on any atom is -0.395 e. The molecule has 9 heteroatoms. The monoisotopic (exact) mass is 417 g/mol. The zero-order valence-corrected chi connectivity index (χ0v) is 18.1. The van der Waals surface area contributed by atoms with E-state index in [1.165, 1.54) is 4.90 Å². The summed E-state index contributed by atoms with van der Waals surface area (Å²) in [5, 5.41) is 2.90. The van der Waals surface area contributed by atoms with Gasteiger partial charge in [-0.05, 0) is 57.3 Å². The molecular formula is C20H27N5O3S. The molecule has 2 aromatic rings. The summed E-state index contributed by atoms with van der Waals surface area (Å²) >= 11 is 0.793. The fourth-order valence-electron chi connectivity index (χ4n) is 2.87. The van der Waals surface area contributed by atoms with Crippen LogP contribution in [-0.4, -0.2) is 33.7 Å². The van der Waals surface area contributed by atoms with Gasteiger partial charge in [0.1, 0.15) is 10.9 Å². The molecule has 0 radical (unpaired) electrons. The van der Waals surface area contributed by atoms with Crippen LogP contribution in [0.3, 0.4) is 0 Å². The van der Waals surface area contributed by atoms with Crippen molar-refractivity contribution >= 4 is 40.6 Å². The second-order valence-corrected chi connectivity index (χ2v) is 8.48. The molecular weight excluding hydrogens is 390 g/mol. The molecule has 1 heterocycles. The fourth-order valence-corrected chi connectivity index (χ4v) is 3.61. The summed E-state index contributed by atoms with van der Waals surface area (Å²) in [4.78, 5) is 39.3. The predicted octanol–water partition coefficient (Wildman–Crippen LogP) is 2.34. The minimum atomic E-state index is -0.826. The Bertz CT molecular complexity index is 932. The lowest BCUT2D eigenvalue weighted by Gasteiger charge is -2.32. The van der Waals surface area contributed by atoms with Gasteiger partial charge in [0.25, 0.3) is 11.8 Å². The lowest BCUT2D eigenvalue weighted by atomic mass is 10.1. The average Bonchev–Trinajstić information content (AvgIpc) is 3.02. The molecule has 0 bridgehead atoms. The van der Waals surface area contributed by atoms with Crippen molar-refractivity contribution in [3.8, 4) is 0 Å². The van der Waals surface area contributed by atoms with E-state index < -0.39 is 23.4 Å². The summed E-state index contributed by atoms with van der Waals surface area (Å²) in [7, 11) is 0. The van der Waals surface area contributed by atoms with Crippen LogP contribution >= 0.6 is 11.5 Å². The summed E-state index contributed by atoms with van der Waals surface area (Å²) in [6.07, 6.45) is 0.665. The van der Waals surface area contributed by atoms with Crippen LogP contribution in [0.1, 0.15) is 60.3 Å². The van der Waals surface area contributed by atoms with E-state index in [0.29, 0.717) is 12.1 Å². The van der Waals surface area contributed by atoms with Crippen molar-refractivity contribution in [1.82, 2.24) is 9.69 Å². The first-order valence-corrected chi connectivity index (χ1v) is 10.0. The maximum absolute atomic E-state index is 13.5. The van der Waals surface area contributed by atoms with Crippen LogP contribution in [-0.2, 0) is 11.2 Å². The molecule has 0 saturated carbocycles. The smallest absolute Gasteiger partial charge is 0.272 e. The number of hydrogen-bond donors (Lipinski definition) is 3. The van der Waals surface area contributed by atoms with Crippen LogP contribution in [0, 0.1) is 0 Å². The molecule has 8 nitrogen and oxygen atoms in total. The normalized spacial score (nSPS) is 12.3. The molecule has 1 aromatic heterocycles. The number of carbonyl (C=O) groups is 3. The Hall–Kier alpha value is -2.94. The van der Waals surface area contributed by atoms with Gasteiger partial charge in [-0.15, -0.1) is 0 Å². The van der Waals surface area contributed by atoms with Gasteiger partial charge >= 0.3 is 0 Å².